The van der Waals surface area contributed by atoms with Crippen LogP contribution in [-0.4, -0.2) is 17.6 Å². The van der Waals surface area contributed by atoms with Gasteiger partial charge in [-0.2, -0.15) is 5.26 Å². The molecule has 1 aromatic rings. The van der Waals surface area contributed by atoms with Gasteiger partial charge in [-0.05, 0) is 19.1 Å². The second kappa shape index (κ2) is 4.90. The minimum absolute atomic E-state index is 0.0492. The highest BCUT2D eigenvalue weighted by molar-refractivity contribution is 5.15. The summed E-state index contributed by atoms with van der Waals surface area (Å²) in [6.07, 6.45) is 1.80. The molecule has 0 saturated heterocycles. The largest absolute Gasteiger partial charge is 0.301 e. The van der Waals surface area contributed by atoms with Crippen LogP contribution in [0, 0.1) is 11.3 Å². The van der Waals surface area contributed by atoms with Crippen molar-refractivity contribution in [3.8, 4) is 6.07 Å². The van der Waals surface area contributed by atoms with Crippen molar-refractivity contribution in [1.29, 1.82) is 5.26 Å². The summed E-state index contributed by atoms with van der Waals surface area (Å²) in [5.41, 5.74) is 0.995. The van der Waals surface area contributed by atoms with Gasteiger partial charge in [0.2, 0.25) is 0 Å². The van der Waals surface area contributed by atoms with Gasteiger partial charge < -0.3 is 5.32 Å². The molecule has 0 amide bonds. The number of hydrogen-bond acceptors (Lipinski definition) is 3. The summed E-state index contributed by atoms with van der Waals surface area (Å²) >= 11 is 0. The molecule has 0 aliphatic heterocycles. The number of nitrogens with zero attached hydrogens (tertiary/aromatic N) is 2. The lowest BCUT2D eigenvalue weighted by molar-refractivity contribution is 0.446. The molecular formula is C12H17N3. The maximum absolute atomic E-state index is 8.67. The van der Waals surface area contributed by atoms with E-state index < -0.39 is 0 Å². The van der Waals surface area contributed by atoms with Crippen LogP contribution < -0.4 is 5.32 Å². The zero-order chi connectivity index (χ0) is 11.3. The van der Waals surface area contributed by atoms with Crippen LogP contribution in [0.2, 0.25) is 0 Å². The fourth-order valence-electron chi connectivity index (χ4n) is 1.31. The third-order valence-corrected chi connectivity index (χ3v) is 2.40. The van der Waals surface area contributed by atoms with Crippen LogP contribution in [0.1, 0.15) is 26.5 Å². The minimum atomic E-state index is -0.118. The highest BCUT2D eigenvalue weighted by Crippen LogP contribution is 2.19. The lowest BCUT2D eigenvalue weighted by atomic mass is 9.88. The van der Waals surface area contributed by atoms with Gasteiger partial charge in [0, 0.05) is 23.9 Å². The van der Waals surface area contributed by atoms with Crippen molar-refractivity contribution in [1.82, 2.24) is 10.3 Å². The smallest absolute Gasteiger partial charge is 0.0924 e. The number of rotatable bonds is 4. The molecule has 80 valence electrons. The van der Waals surface area contributed by atoms with Gasteiger partial charge >= 0.3 is 0 Å². The summed E-state index contributed by atoms with van der Waals surface area (Å²) in [6.45, 7) is 6.84. The second-order valence-corrected chi connectivity index (χ2v) is 4.33. The molecule has 0 aromatic carbocycles. The normalized spacial score (nSPS) is 13.2. The molecule has 0 spiro atoms. The van der Waals surface area contributed by atoms with Crippen LogP contribution in [-0.2, 0) is 5.41 Å². The second-order valence-electron chi connectivity index (χ2n) is 4.33. The Hall–Kier alpha value is -1.40. The molecule has 1 atom stereocenters. The van der Waals surface area contributed by atoms with Crippen LogP contribution in [0.5, 0.6) is 0 Å². The van der Waals surface area contributed by atoms with Crippen molar-refractivity contribution in [3.05, 3.63) is 30.1 Å². The average molecular weight is 203 g/mol. The highest BCUT2D eigenvalue weighted by Gasteiger charge is 2.21. The number of nitrogens with one attached hydrogen (secondary N) is 1. The van der Waals surface area contributed by atoms with E-state index in [0.29, 0.717) is 0 Å². The fourth-order valence-corrected chi connectivity index (χ4v) is 1.31. The maximum Gasteiger partial charge on any atom is 0.0924 e. The van der Waals surface area contributed by atoms with E-state index in [4.69, 9.17) is 5.26 Å². The Bertz CT molecular complexity index is 338. The summed E-state index contributed by atoms with van der Waals surface area (Å²) in [6, 6.07) is 7.94. The van der Waals surface area contributed by atoms with Crippen LogP contribution in [0.25, 0.3) is 0 Å². The Morgan fingerprint density at radius 2 is 2.27 bits per heavy atom. The maximum atomic E-state index is 8.67. The summed E-state index contributed by atoms with van der Waals surface area (Å²) in [4.78, 5) is 4.33. The minimum Gasteiger partial charge on any atom is -0.301 e. The molecule has 1 N–H and O–H groups in total. The Morgan fingerprint density at radius 3 is 2.80 bits per heavy atom. The molecule has 1 heterocycles. The monoisotopic (exact) mass is 203 g/mol. The first-order chi connectivity index (χ1) is 7.06. The van der Waals surface area contributed by atoms with Gasteiger partial charge in [0.15, 0.2) is 0 Å². The van der Waals surface area contributed by atoms with Crippen LogP contribution in [0.3, 0.4) is 0 Å². The van der Waals surface area contributed by atoms with E-state index in [1.54, 1.807) is 6.20 Å². The van der Waals surface area contributed by atoms with Crippen LogP contribution in [0.15, 0.2) is 24.4 Å². The van der Waals surface area contributed by atoms with Crippen molar-refractivity contribution < 1.29 is 0 Å². The molecule has 0 saturated carbocycles. The zero-order valence-corrected chi connectivity index (χ0v) is 9.49. The van der Waals surface area contributed by atoms with Gasteiger partial charge in [-0.3, -0.25) is 4.98 Å². The van der Waals surface area contributed by atoms with E-state index in [-0.39, 0.29) is 11.5 Å². The van der Waals surface area contributed by atoms with Gasteiger partial charge in [0.1, 0.15) is 0 Å². The number of pyridine rings is 1. The van der Waals surface area contributed by atoms with E-state index in [1.807, 2.05) is 25.1 Å². The Balaban J connectivity index is 2.64. The van der Waals surface area contributed by atoms with Crippen LogP contribution >= 0.6 is 0 Å². The summed E-state index contributed by atoms with van der Waals surface area (Å²) in [5.74, 6) is 0. The van der Waals surface area contributed by atoms with Gasteiger partial charge in [-0.25, -0.2) is 0 Å². The molecule has 0 fully saturated rings. The molecule has 1 unspecified atom stereocenters. The molecule has 1 aromatic heterocycles. The molecular weight excluding hydrogens is 186 g/mol. The van der Waals surface area contributed by atoms with E-state index in [1.165, 1.54) is 0 Å². The molecule has 1 rings (SSSR count). The zero-order valence-electron chi connectivity index (χ0n) is 9.49. The molecule has 0 aliphatic carbocycles. The van der Waals surface area contributed by atoms with Gasteiger partial charge in [0.25, 0.3) is 0 Å². The van der Waals surface area contributed by atoms with E-state index in [9.17, 15) is 0 Å². The lowest BCUT2D eigenvalue weighted by Crippen LogP contribution is -2.37. The third-order valence-electron chi connectivity index (χ3n) is 2.40. The van der Waals surface area contributed by atoms with E-state index >= 15 is 0 Å². The average Bonchev–Trinajstić information content (AvgIpc) is 2.27. The SMILES string of the molecule is CC(C#N)NCC(C)(C)c1ccccn1. The Labute approximate surface area is 91.1 Å². The van der Waals surface area contributed by atoms with Gasteiger partial charge in [-0.15, -0.1) is 0 Å². The number of aromatic nitrogens is 1. The molecule has 15 heavy (non-hydrogen) atoms. The number of nitriles is 1. The number of hydrogen-bond donors (Lipinski definition) is 1. The van der Waals surface area contributed by atoms with Gasteiger partial charge in [-0.1, -0.05) is 19.9 Å². The first-order valence-corrected chi connectivity index (χ1v) is 5.11. The quantitative estimate of drug-likeness (QED) is 0.812. The van der Waals surface area contributed by atoms with Crippen LogP contribution in [0.4, 0.5) is 0 Å². The van der Waals surface area contributed by atoms with Crippen molar-refractivity contribution in [2.75, 3.05) is 6.54 Å². The van der Waals surface area contributed by atoms with Crippen molar-refractivity contribution in [2.24, 2.45) is 0 Å². The molecule has 0 bridgehead atoms. The topological polar surface area (TPSA) is 48.7 Å². The Kier molecular flexibility index (Phi) is 3.81. The predicted molar refractivity (Wildman–Crippen MR) is 60.3 cm³/mol. The highest BCUT2D eigenvalue weighted by atomic mass is 14.9. The summed E-state index contributed by atoms with van der Waals surface area (Å²) in [7, 11) is 0. The summed E-state index contributed by atoms with van der Waals surface area (Å²) < 4.78 is 0. The lowest BCUT2D eigenvalue weighted by Gasteiger charge is -2.25. The standard InChI is InChI=1S/C12H17N3/c1-10(8-13)15-9-12(2,3)11-6-4-5-7-14-11/h4-7,10,15H,9H2,1-3H3. The van der Waals surface area contributed by atoms with E-state index in [0.717, 1.165) is 12.2 Å². The van der Waals surface area contributed by atoms with Crippen molar-refractivity contribution in [2.45, 2.75) is 32.2 Å². The first kappa shape index (κ1) is 11.7. The molecule has 0 aliphatic rings. The van der Waals surface area contributed by atoms with E-state index in [2.05, 4.69) is 30.2 Å². The van der Waals surface area contributed by atoms with Crippen molar-refractivity contribution >= 4 is 0 Å². The van der Waals surface area contributed by atoms with Crippen molar-refractivity contribution in [3.63, 3.8) is 0 Å². The fraction of sp³-hybridized carbons (Fsp3) is 0.500. The predicted octanol–water partition coefficient (Wildman–Crippen LogP) is 1.86. The summed E-state index contributed by atoms with van der Waals surface area (Å²) in [5, 5.41) is 11.8. The Morgan fingerprint density at radius 1 is 1.53 bits per heavy atom. The third kappa shape index (κ3) is 3.34. The molecule has 3 heteroatoms. The van der Waals surface area contributed by atoms with Gasteiger partial charge in [0.05, 0.1) is 12.1 Å². The first-order valence-electron chi connectivity index (χ1n) is 5.11. The molecule has 3 nitrogen and oxygen atoms in total. The molecule has 0 radical (unpaired) electrons.